The first-order valence-corrected chi connectivity index (χ1v) is 5.12. The molecule has 17 heavy (non-hydrogen) atoms. The van der Waals surface area contributed by atoms with E-state index in [1.54, 1.807) is 12.1 Å². The lowest BCUT2D eigenvalue weighted by Crippen LogP contribution is -2.27. The third-order valence-electron chi connectivity index (χ3n) is 1.65. The highest BCUT2D eigenvalue weighted by Crippen LogP contribution is 2.24. The fourth-order valence-corrected chi connectivity index (χ4v) is 1.24. The van der Waals surface area contributed by atoms with Gasteiger partial charge in [0, 0.05) is 5.69 Å². The van der Waals surface area contributed by atoms with Gasteiger partial charge in [-0.1, -0.05) is 23.2 Å². The van der Waals surface area contributed by atoms with Crippen molar-refractivity contribution >= 4 is 41.0 Å². The summed E-state index contributed by atoms with van der Waals surface area (Å²) in [6, 6.07) is 4.68. The number of nitrogens with one attached hydrogen (secondary N) is 2. The van der Waals surface area contributed by atoms with Crippen LogP contribution in [0.25, 0.3) is 0 Å². The Morgan fingerprint density at radius 1 is 1.29 bits per heavy atom. The van der Waals surface area contributed by atoms with Crippen molar-refractivity contribution in [3.8, 4) is 0 Å². The molecular formula is C9H8Cl2N2O4. The summed E-state index contributed by atoms with van der Waals surface area (Å²) >= 11 is 11.4. The first kappa shape index (κ1) is 13.6. The lowest BCUT2D eigenvalue weighted by Gasteiger charge is -2.06. The zero-order valence-electron chi connectivity index (χ0n) is 8.37. The average molecular weight is 279 g/mol. The highest BCUT2D eigenvalue weighted by molar-refractivity contribution is 6.42. The molecule has 0 spiro atoms. The predicted molar refractivity (Wildman–Crippen MR) is 61.4 cm³/mol. The molecule has 0 heterocycles. The fraction of sp³-hybridized carbons (Fsp3) is 0.111. The van der Waals surface area contributed by atoms with Crippen molar-refractivity contribution in [2.24, 2.45) is 0 Å². The van der Waals surface area contributed by atoms with Crippen molar-refractivity contribution in [3.63, 3.8) is 0 Å². The van der Waals surface area contributed by atoms with Crippen LogP contribution in [0, 0.1) is 0 Å². The first-order valence-electron chi connectivity index (χ1n) is 4.36. The van der Waals surface area contributed by atoms with Gasteiger partial charge in [0.25, 0.3) is 0 Å². The van der Waals surface area contributed by atoms with Crippen LogP contribution in [-0.2, 0) is 9.53 Å². The largest absolute Gasteiger partial charge is 0.438 e. The number of hydrogen-bond acceptors (Lipinski definition) is 5. The van der Waals surface area contributed by atoms with Gasteiger partial charge in [-0.15, -0.1) is 0 Å². The van der Waals surface area contributed by atoms with E-state index in [1.165, 1.54) is 6.07 Å². The lowest BCUT2D eigenvalue weighted by atomic mass is 10.3. The summed E-state index contributed by atoms with van der Waals surface area (Å²) in [5, 5.41) is 11.5. The minimum atomic E-state index is -1.24. The number of anilines is 1. The average Bonchev–Trinajstić information content (AvgIpc) is 2.30. The van der Waals surface area contributed by atoms with Crippen molar-refractivity contribution in [1.29, 1.82) is 0 Å². The van der Waals surface area contributed by atoms with Crippen LogP contribution in [0.2, 0.25) is 10.0 Å². The molecule has 0 aliphatic rings. The second-order valence-electron chi connectivity index (χ2n) is 2.86. The molecule has 0 aromatic heterocycles. The maximum absolute atomic E-state index is 11.0. The Hall–Kier alpha value is -1.50. The Morgan fingerprint density at radius 2 is 2.00 bits per heavy atom. The quantitative estimate of drug-likeness (QED) is 0.341. The highest BCUT2D eigenvalue weighted by Gasteiger charge is 2.09. The number of amides is 1. The van der Waals surface area contributed by atoms with Gasteiger partial charge in [-0.25, -0.2) is 15.1 Å². The summed E-state index contributed by atoms with van der Waals surface area (Å²) < 4.78 is 4.11. The number of benzene rings is 1. The molecule has 1 aromatic rings. The van der Waals surface area contributed by atoms with E-state index in [0.29, 0.717) is 15.7 Å². The zero-order chi connectivity index (χ0) is 12.8. The second kappa shape index (κ2) is 6.29. The third-order valence-corrected chi connectivity index (χ3v) is 2.39. The summed E-state index contributed by atoms with van der Waals surface area (Å²) in [6.45, 7) is -0.259. The predicted octanol–water partition coefficient (Wildman–Crippen LogP) is 2.05. The molecule has 0 radical (unpaired) electrons. The first-order chi connectivity index (χ1) is 8.02. The Balaban J connectivity index is 2.47. The van der Waals surface area contributed by atoms with Crippen LogP contribution in [0.15, 0.2) is 18.2 Å². The fourth-order valence-electron chi connectivity index (χ4n) is 0.943. The molecule has 0 aliphatic carbocycles. The molecule has 0 atom stereocenters. The van der Waals surface area contributed by atoms with Crippen molar-refractivity contribution in [3.05, 3.63) is 28.2 Å². The molecular weight excluding hydrogens is 271 g/mol. The molecule has 0 bridgehead atoms. The van der Waals surface area contributed by atoms with E-state index in [4.69, 9.17) is 28.4 Å². The maximum Gasteiger partial charge on any atom is 0.438 e. The van der Waals surface area contributed by atoms with Crippen LogP contribution < -0.4 is 10.8 Å². The standard InChI is InChI=1S/C9H8Cl2N2O4/c10-6-2-1-5(3-7(6)11)12-4-8(14)17-9(15)13-16/h1-3,12,16H,4H2,(H,13,15). The summed E-state index contributed by atoms with van der Waals surface area (Å²) in [5.41, 5.74) is 1.70. The van der Waals surface area contributed by atoms with Crippen molar-refractivity contribution in [2.75, 3.05) is 11.9 Å². The Bertz CT molecular complexity index is 439. The zero-order valence-corrected chi connectivity index (χ0v) is 9.88. The smallest absolute Gasteiger partial charge is 0.375 e. The normalized spacial score (nSPS) is 9.59. The van der Waals surface area contributed by atoms with Gasteiger partial charge in [0.2, 0.25) is 0 Å². The molecule has 1 aromatic carbocycles. The van der Waals surface area contributed by atoms with Crippen molar-refractivity contribution in [2.45, 2.75) is 0 Å². The molecule has 92 valence electrons. The molecule has 3 N–H and O–H groups in total. The molecule has 6 nitrogen and oxygen atoms in total. The van der Waals surface area contributed by atoms with Gasteiger partial charge in [0.1, 0.15) is 6.54 Å². The van der Waals surface area contributed by atoms with Gasteiger partial charge in [0.05, 0.1) is 10.0 Å². The van der Waals surface area contributed by atoms with Crippen LogP contribution >= 0.6 is 23.2 Å². The number of halogens is 2. The van der Waals surface area contributed by atoms with Gasteiger partial charge in [0.15, 0.2) is 0 Å². The van der Waals surface area contributed by atoms with Crippen LogP contribution in [0.5, 0.6) is 0 Å². The molecule has 0 saturated heterocycles. The Kier molecular flexibility index (Phi) is 5.02. The topological polar surface area (TPSA) is 87.7 Å². The maximum atomic E-state index is 11.0. The van der Waals surface area contributed by atoms with Crippen LogP contribution in [-0.4, -0.2) is 23.8 Å². The number of carbonyl (C=O) groups excluding carboxylic acids is 2. The summed E-state index contributed by atoms with van der Waals surface area (Å²) in [7, 11) is 0. The molecule has 0 aliphatic heterocycles. The van der Waals surface area contributed by atoms with Gasteiger partial charge in [-0.3, -0.25) is 5.21 Å². The van der Waals surface area contributed by atoms with E-state index in [0.717, 1.165) is 5.48 Å². The molecule has 1 amide bonds. The van der Waals surface area contributed by atoms with Crippen molar-refractivity contribution in [1.82, 2.24) is 5.48 Å². The third kappa shape index (κ3) is 4.48. The highest BCUT2D eigenvalue weighted by atomic mass is 35.5. The molecule has 8 heteroatoms. The van der Waals surface area contributed by atoms with Crippen molar-refractivity contribution < 1.29 is 19.5 Å². The molecule has 0 saturated carbocycles. The summed E-state index contributed by atoms with van der Waals surface area (Å²) in [4.78, 5) is 21.5. The SMILES string of the molecule is O=C(CNc1ccc(Cl)c(Cl)c1)OC(=O)NO. The Morgan fingerprint density at radius 3 is 2.59 bits per heavy atom. The number of hydroxylamine groups is 1. The van der Waals surface area contributed by atoms with E-state index in [-0.39, 0.29) is 6.54 Å². The van der Waals surface area contributed by atoms with E-state index < -0.39 is 12.1 Å². The van der Waals surface area contributed by atoms with Gasteiger partial charge in [-0.05, 0) is 18.2 Å². The Labute approximate surface area is 106 Å². The number of carbonyl (C=O) groups is 2. The summed E-state index contributed by atoms with van der Waals surface area (Å²) in [5.74, 6) is -0.859. The van der Waals surface area contributed by atoms with Gasteiger partial charge < -0.3 is 10.1 Å². The monoisotopic (exact) mass is 278 g/mol. The van der Waals surface area contributed by atoms with Crippen LogP contribution in [0.1, 0.15) is 0 Å². The summed E-state index contributed by atoms with van der Waals surface area (Å²) in [6.07, 6.45) is -1.24. The van der Waals surface area contributed by atoms with Gasteiger partial charge >= 0.3 is 12.1 Å². The van der Waals surface area contributed by atoms with E-state index in [1.807, 2.05) is 0 Å². The van der Waals surface area contributed by atoms with E-state index >= 15 is 0 Å². The molecule has 0 fully saturated rings. The number of rotatable bonds is 3. The number of esters is 1. The van der Waals surface area contributed by atoms with E-state index in [2.05, 4.69) is 10.1 Å². The van der Waals surface area contributed by atoms with Gasteiger partial charge in [-0.2, -0.15) is 0 Å². The second-order valence-corrected chi connectivity index (χ2v) is 3.67. The van der Waals surface area contributed by atoms with Crippen LogP contribution in [0.4, 0.5) is 10.5 Å². The number of ether oxygens (including phenoxy) is 1. The molecule has 1 rings (SSSR count). The van der Waals surface area contributed by atoms with Crippen LogP contribution in [0.3, 0.4) is 0 Å². The lowest BCUT2D eigenvalue weighted by molar-refractivity contribution is -0.136. The minimum Gasteiger partial charge on any atom is -0.375 e. The van der Waals surface area contributed by atoms with E-state index in [9.17, 15) is 9.59 Å². The number of hydrogen-bond donors (Lipinski definition) is 3. The minimum absolute atomic E-state index is 0.259. The molecule has 0 unspecified atom stereocenters.